The Morgan fingerprint density at radius 1 is 1.20 bits per heavy atom. The Balaban J connectivity index is 1.64. The highest BCUT2D eigenvalue weighted by atomic mass is 35.5. The van der Waals surface area contributed by atoms with Crippen LogP contribution in [0.2, 0.25) is 5.02 Å². The zero-order chi connectivity index (χ0) is 17.8. The van der Waals surface area contributed by atoms with Crippen molar-refractivity contribution in [2.45, 2.75) is 0 Å². The Morgan fingerprint density at radius 2 is 1.88 bits per heavy atom. The van der Waals surface area contributed by atoms with Crippen LogP contribution in [0, 0.1) is 5.82 Å². The van der Waals surface area contributed by atoms with E-state index in [0.717, 1.165) is 6.41 Å². The van der Waals surface area contributed by atoms with Gasteiger partial charge in [0.15, 0.2) is 0 Å². The van der Waals surface area contributed by atoms with Crippen LogP contribution in [0.15, 0.2) is 30.6 Å². The van der Waals surface area contributed by atoms with Crippen LogP contribution in [-0.2, 0) is 4.79 Å². The van der Waals surface area contributed by atoms with E-state index in [-0.39, 0.29) is 16.9 Å². The molecule has 1 aliphatic heterocycles. The SMILES string of the molecule is O=CN1CCN(C(=O)c2cnc(Nc3ccc(F)c(Cl)c3)nc2)CC1. The molecule has 0 bridgehead atoms. The Bertz CT molecular complexity index is 779. The van der Waals surface area contributed by atoms with Gasteiger partial charge in [-0.15, -0.1) is 0 Å². The predicted molar refractivity (Wildman–Crippen MR) is 90.3 cm³/mol. The molecule has 1 aliphatic rings. The fraction of sp³-hybridized carbons (Fsp3) is 0.250. The van der Waals surface area contributed by atoms with E-state index < -0.39 is 5.82 Å². The van der Waals surface area contributed by atoms with E-state index in [1.54, 1.807) is 9.80 Å². The molecule has 2 heterocycles. The molecule has 3 rings (SSSR count). The standard InChI is InChI=1S/C16H15ClFN5O2/c17-13-7-12(1-2-14(13)18)21-16-19-8-11(9-20-16)15(25)23-5-3-22(10-24)4-6-23/h1-2,7-10H,3-6H2,(H,19,20,21). The van der Waals surface area contributed by atoms with Gasteiger partial charge in [-0.2, -0.15) is 0 Å². The van der Waals surface area contributed by atoms with Gasteiger partial charge in [0.25, 0.3) is 5.91 Å². The van der Waals surface area contributed by atoms with Gasteiger partial charge in [-0.25, -0.2) is 14.4 Å². The third-order valence-electron chi connectivity index (χ3n) is 3.83. The zero-order valence-corrected chi connectivity index (χ0v) is 13.9. The summed E-state index contributed by atoms with van der Waals surface area (Å²) >= 11 is 5.72. The maximum Gasteiger partial charge on any atom is 0.257 e. The minimum Gasteiger partial charge on any atom is -0.342 e. The first-order valence-electron chi connectivity index (χ1n) is 7.59. The van der Waals surface area contributed by atoms with Crippen molar-refractivity contribution in [3.8, 4) is 0 Å². The molecule has 0 radical (unpaired) electrons. The van der Waals surface area contributed by atoms with Crippen molar-refractivity contribution in [2.24, 2.45) is 0 Å². The van der Waals surface area contributed by atoms with Gasteiger partial charge in [-0.1, -0.05) is 11.6 Å². The van der Waals surface area contributed by atoms with E-state index in [2.05, 4.69) is 15.3 Å². The van der Waals surface area contributed by atoms with Crippen LogP contribution in [0.1, 0.15) is 10.4 Å². The van der Waals surface area contributed by atoms with Gasteiger partial charge < -0.3 is 15.1 Å². The van der Waals surface area contributed by atoms with Crippen molar-refractivity contribution < 1.29 is 14.0 Å². The summed E-state index contributed by atoms with van der Waals surface area (Å²) in [6.45, 7) is 1.99. The minimum absolute atomic E-state index is 0.00809. The lowest BCUT2D eigenvalue weighted by Crippen LogP contribution is -2.48. The van der Waals surface area contributed by atoms with Crippen molar-refractivity contribution in [1.29, 1.82) is 0 Å². The van der Waals surface area contributed by atoms with Crippen molar-refractivity contribution in [1.82, 2.24) is 19.8 Å². The van der Waals surface area contributed by atoms with E-state index in [9.17, 15) is 14.0 Å². The Labute approximate surface area is 148 Å². The van der Waals surface area contributed by atoms with Crippen molar-refractivity contribution in [3.63, 3.8) is 0 Å². The Morgan fingerprint density at radius 3 is 2.48 bits per heavy atom. The second kappa shape index (κ2) is 7.43. The zero-order valence-electron chi connectivity index (χ0n) is 13.2. The Hall–Kier alpha value is -2.74. The number of nitrogens with zero attached hydrogens (tertiary/aromatic N) is 4. The fourth-order valence-corrected chi connectivity index (χ4v) is 2.60. The highest BCUT2D eigenvalue weighted by Gasteiger charge is 2.21. The monoisotopic (exact) mass is 363 g/mol. The number of carbonyl (C=O) groups is 2. The van der Waals surface area contributed by atoms with Gasteiger partial charge in [-0.3, -0.25) is 9.59 Å². The van der Waals surface area contributed by atoms with Crippen molar-refractivity contribution in [2.75, 3.05) is 31.5 Å². The predicted octanol–water partition coefficient (Wildman–Crippen LogP) is 1.93. The number of hydrogen-bond donors (Lipinski definition) is 1. The van der Waals surface area contributed by atoms with Crippen LogP contribution in [0.5, 0.6) is 0 Å². The summed E-state index contributed by atoms with van der Waals surface area (Å²) in [7, 11) is 0. The molecule has 0 unspecified atom stereocenters. The lowest BCUT2D eigenvalue weighted by molar-refractivity contribution is -0.119. The first kappa shape index (κ1) is 17.1. The molecule has 2 aromatic rings. The molecule has 0 atom stereocenters. The van der Waals surface area contributed by atoms with E-state index in [0.29, 0.717) is 37.4 Å². The molecule has 7 nitrogen and oxygen atoms in total. The summed E-state index contributed by atoms with van der Waals surface area (Å²) in [5.41, 5.74) is 0.901. The van der Waals surface area contributed by atoms with Gasteiger partial charge in [0, 0.05) is 44.3 Å². The topological polar surface area (TPSA) is 78.4 Å². The molecular weight excluding hydrogens is 349 g/mol. The maximum absolute atomic E-state index is 13.1. The molecule has 9 heteroatoms. The molecular formula is C16H15ClFN5O2. The molecule has 0 saturated carbocycles. The summed E-state index contributed by atoms with van der Waals surface area (Å²) in [6.07, 6.45) is 3.64. The normalized spacial score (nSPS) is 14.3. The fourth-order valence-electron chi connectivity index (χ4n) is 2.42. The molecule has 0 aliphatic carbocycles. The number of amides is 2. The molecule has 1 fully saturated rings. The number of halogens is 2. The quantitative estimate of drug-likeness (QED) is 0.840. The average molecular weight is 364 g/mol. The van der Waals surface area contributed by atoms with E-state index >= 15 is 0 Å². The van der Waals surface area contributed by atoms with Crippen LogP contribution in [0.3, 0.4) is 0 Å². The summed E-state index contributed by atoms with van der Waals surface area (Å²) in [5.74, 6) is -0.421. The summed E-state index contributed by atoms with van der Waals surface area (Å²) in [4.78, 5) is 34.6. The number of nitrogens with one attached hydrogen (secondary N) is 1. The van der Waals surface area contributed by atoms with Gasteiger partial charge >= 0.3 is 0 Å². The molecule has 25 heavy (non-hydrogen) atoms. The molecule has 1 saturated heterocycles. The van der Waals surface area contributed by atoms with Gasteiger partial charge in [0.2, 0.25) is 12.4 Å². The van der Waals surface area contributed by atoms with Crippen LogP contribution in [-0.4, -0.2) is 58.3 Å². The van der Waals surface area contributed by atoms with E-state index in [1.165, 1.54) is 30.6 Å². The highest BCUT2D eigenvalue weighted by molar-refractivity contribution is 6.31. The highest BCUT2D eigenvalue weighted by Crippen LogP contribution is 2.21. The van der Waals surface area contributed by atoms with Crippen molar-refractivity contribution >= 4 is 35.6 Å². The van der Waals surface area contributed by atoms with Crippen LogP contribution >= 0.6 is 11.6 Å². The molecule has 130 valence electrons. The summed E-state index contributed by atoms with van der Waals surface area (Å²) in [6, 6.07) is 4.17. The smallest absolute Gasteiger partial charge is 0.257 e. The number of anilines is 2. The maximum atomic E-state index is 13.1. The Kier molecular flexibility index (Phi) is 5.08. The number of aromatic nitrogens is 2. The number of benzene rings is 1. The lowest BCUT2D eigenvalue weighted by atomic mass is 10.2. The third kappa shape index (κ3) is 4.03. The van der Waals surface area contributed by atoms with E-state index in [1.807, 2.05) is 0 Å². The largest absolute Gasteiger partial charge is 0.342 e. The average Bonchev–Trinajstić information content (AvgIpc) is 2.65. The van der Waals surface area contributed by atoms with Gasteiger partial charge in [0.05, 0.1) is 10.6 Å². The minimum atomic E-state index is -0.510. The van der Waals surface area contributed by atoms with E-state index in [4.69, 9.17) is 11.6 Å². The number of hydrogen-bond acceptors (Lipinski definition) is 5. The first-order valence-corrected chi connectivity index (χ1v) is 7.97. The summed E-state index contributed by atoms with van der Waals surface area (Å²) < 4.78 is 13.1. The van der Waals surface area contributed by atoms with Crippen molar-refractivity contribution in [3.05, 3.63) is 47.0 Å². The van der Waals surface area contributed by atoms with Crippen LogP contribution < -0.4 is 5.32 Å². The second-order valence-corrected chi connectivity index (χ2v) is 5.89. The third-order valence-corrected chi connectivity index (χ3v) is 4.11. The number of rotatable bonds is 4. The van der Waals surface area contributed by atoms with Crippen LogP contribution in [0.25, 0.3) is 0 Å². The second-order valence-electron chi connectivity index (χ2n) is 5.48. The molecule has 1 aromatic heterocycles. The first-order chi connectivity index (χ1) is 12.1. The summed E-state index contributed by atoms with van der Waals surface area (Å²) in [5, 5.41) is 2.88. The number of piperazine rings is 1. The molecule has 2 amide bonds. The van der Waals surface area contributed by atoms with Crippen LogP contribution in [0.4, 0.5) is 16.0 Å². The number of carbonyl (C=O) groups excluding carboxylic acids is 2. The molecule has 1 aromatic carbocycles. The molecule has 1 N–H and O–H groups in total. The molecule has 0 spiro atoms. The van der Waals surface area contributed by atoms with Gasteiger partial charge in [0.1, 0.15) is 5.82 Å². The van der Waals surface area contributed by atoms with Gasteiger partial charge in [-0.05, 0) is 18.2 Å². The lowest BCUT2D eigenvalue weighted by Gasteiger charge is -2.32.